The molecule has 0 aliphatic rings. The van der Waals surface area contributed by atoms with Crippen molar-refractivity contribution in [2.24, 2.45) is 0 Å². The number of benzene rings is 1. The first-order valence-electron chi connectivity index (χ1n) is 7.10. The molecule has 1 rings (SSSR count). The Morgan fingerprint density at radius 3 is 2.60 bits per heavy atom. The molecule has 3 heteroatoms. The van der Waals surface area contributed by atoms with E-state index < -0.39 is 0 Å². The van der Waals surface area contributed by atoms with E-state index in [-0.39, 0.29) is 12.1 Å². The summed E-state index contributed by atoms with van der Waals surface area (Å²) in [5.41, 5.74) is 2.69. The predicted octanol–water partition coefficient (Wildman–Crippen LogP) is 4.14. The Morgan fingerprint density at radius 1 is 1.35 bits per heavy atom. The summed E-state index contributed by atoms with van der Waals surface area (Å²) in [6.45, 7) is 10.1. The van der Waals surface area contributed by atoms with E-state index in [1.807, 2.05) is 38.1 Å². The number of aryl methyl sites for hydroxylation is 1. The molecule has 0 amide bonds. The lowest BCUT2D eigenvalue weighted by atomic mass is 10.1. The topological polar surface area (TPSA) is 35.5 Å². The largest absolute Gasteiger partial charge is 0.491 e. The second-order valence-electron chi connectivity index (χ2n) is 4.90. The number of esters is 1. The molecule has 1 atom stereocenters. The van der Waals surface area contributed by atoms with Crippen molar-refractivity contribution in [2.75, 3.05) is 6.61 Å². The van der Waals surface area contributed by atoms with Crippen LogP contribution in [0.25, 0.3) is 6.08 Å². The minimum atomic E-state index is -0.271. The highest BCUT2D eigenvalue weighted by Crippen LogP contribution is 2.21. The standard InChI is InChI=1S/C17H24O3/c1-6-14(5)20-16-9-8-15(12(3)11-16)10-13(4)17(18)19-7-2/h8-11,14H,6-7H2,1-5H3. The second kappa shape index (κ2) is 7.73. The third-order valence-corrected chi connectivity index (χ3v) is 3.12. The summed E-state index contributed by atoms with van der Waals surface area (Å²) in [7, 11) is 0. The van der Waals surface area contributed by atoms with Crippen LogP contribution in [0.2, 0.25) is 0 Å². The van der Waals surface area contributed by atoms with Gasteiger partial charge in [0.15, 0.2) is 0 Å². The molecule has 3 nitrogen and oxygen atoms in total. The molecular weight excluding hydrogens is 252 g/mol. The van der Waals surface area contributed by atoms with E-state index in [0.29, 0.717) is 12.2 Å². The quantitative estimate of drug-likeness (QED) is 0.578. The Kier molecular flexibility index (Phi) is 6.29. The van der Waals surface area contributed by atoms with Gasteiger partial charge in [-0.05, 0) is 63.5 Å². The minimum absolute atomic E-state index is 0.206. The lowest BCUT2D eigenvalue weighted by Crippen LogP contribution is -2.09. The highest BCUT2D eigenvalue weighted by Gasteiger charge is 2.07. The van der Waals surface area contributed by atoms with Gasteiger partial charge >= 0.3 is 5.97 Å². The lowest BCUT2D eigenvalue weighted by Gasteiger charge is -2.14. The zero-order valence-corrected chi connectivity index (χ0v) is 13.0. The van der Waals surface area contributed by atoms with E-state index in [4.69, 9.17) is 9.47 Å². The van der Waals surface area contributed by atoms with Crippen LogP contribution in [-0.2, 0) is 9.53 Å². The average Bonchev–Trinajstić information content (AvgIpc) is 2.41. The van der Waals surface area contributed by atoms with E-state index in [0.717, 1.165) is 23.3 Å². The van der Waals surface area contributed by atoms with Gasteiger partial charge in [0.2, 0.25) is 0 Å². The van der Waals surface area contributed by atoms with Gasteiger partial charge < -0.3 is 9.47 Å². The van der Waals surface area contributed by atoms with E-state index in [1.165, 1.54) is 0 Å². The number of carbonyl (C=O) groups is 1. The van der Waals surface area contributed by atoms with Gasteiger partial charge in [-0.3, -0.25) is 0 Å². The summed E-state index contributed by atoms with van der Waals surface area (Å²) >= 11 is 0. The maximum absolute atomic E-state index is 11.6. The highest BCUT2D eigenvalue weighted by atomic mass is 16.5. The molecule has 0 saturated heterocycles. The molecule has 0 aromatic heterocycles. The van der Waals surface area contributed by atoms with E-state index >= 15 is 0 Å². The fraction of sp³-hybridized carbons (Fsp3) is 0.471. The molecule has 0 fully saturated rings. The van der Waals surface area contributed by atoms with Gasteiger partial charge in [-0.25, -0.2) is 4.79 Å². The normalized spacial score (nSPS) is 12.9. The van der Waals surface area contributed by atoms with Gasteiger partial charge in [-0.1, -0.05) is 13.0 Å². The van der Waals surface area contributed by atoms with Crippen molar-refractivity contribution < 1.29 is 14.3 Å². The van der Waals surface area contributed by atoms with Crippen LogP contribution in [0.3, 0.4) is 0 Å². The zero-order valence-electron chi connectivity index (χ0n) is 13.0. The molecule has 0 radical (unpaired) electrons. The SMILES string of the molecule is CCOC(=O)C(C)=Cc1ccc(OC(C)CC)cc1C. The summed E-state index contributed by atoms with van der Waals surface area (Å²) < 4.78 is 10.8. The van der Waals surface area contributed by atoms with E-state index in [2.05, 4.69) is 6.92 Å². The van der Waals surface area contributed by atoms with Crippen LogP contribution < -0.4 is 4.74 Å². The molecule has 1 unspecified atom stereocenters. The van der Waals surface area contributed by atoms with Gasteiger partial charge in [0, 0.05) is 5.57 Å². The molecule has 0 aliphatic carbocycles. The van der Waals surface area contributed by atoms with Crippen LogP contribution in [0.1, 0.15) is 45.2 Å². The van der Waals surface area contributed by atoms with E-state index in [9.17, 15) is 4.79 Å². The fourth-order valence-electron chi connectivity index (χ4n) is 1.74. The van der Waals surface area contributed by atoms with Gasteiger partial charge in [0.05, 0.1) is 12.7 Å². The highest BCUT2D eigenvalue weighted by molar-refractivity contribution is 5.93. The van der Waals surface area contributed by atoms with Crippen molar-refractivity contribution in [1.82, 2.24) is 0 Å². The van der Waals surface area contributed by atoms with Crippen LogP contribution in [0.4, 0.5) is 0 Å². The number of rotatable bonds is 6. The van der Waals surface area contributed by atoms with Crippen LogP contribution in [-0.4, -0.2) is 18.7 Å². The molecule has 20 heavy (non-hydrogen) atoms. The Balaban J connectivity index is 2.88. The molecule has 1 aromatic carbocycles. The van der Waals surface area contributed by atoms with Crippen LogP contribution in [0.5, 0.6) is 5.75 Å². The lowest BCUT2D eigenvalue weighted by molar-refractivity contribution is -0.138. The fourth-order valence-corrected chi connectivity index (χ4v) is 1.74. The number of hydrogen-bond donors (Lipinski definition) is 0. The maximum Gasteiger partial charge on any atom is 0.333 e. The summed E-state index contributed by atoms with van der Waals surface area (Å²) in [5.74, 6) is 0.592. The molecular formula is C17H24O3. The smallest absolute Gasteiger partial charge is 0.333 e. The van der Waals surface area contributed by atoms with Gasteiger partial charge in [-0.15, -0.1) is 0 Å². The maximum atomic E-state index is 11.6. The van der Waals surface area contributed by atoms with Crippen LogP contribution in [0.15, 0.2) is 23.8 Å². The first-order chi connectivity index (χ1) is 9.47. The predicted molar refractivity (Wildman–Crippen MR) is 81.8 cm³/mol. The number of ether oxygens (including phenoxy) is 2. The molecule has 0 saturated carbocycles. The third kappa shape index (κ3) is 4.72. The molecule has 0 heterocycles. The van der Waals surface area contributed by atoms with Gasteiger partial charge in [-0.2, -0.15) is 0 Å². The van der Waals surface area contributed by atoms with Gasteiger partial charge in [0.1, 0.15) is 5.75 Å². The Bertz CT molecular complexity index is 489. The van der Waals surface area contributed by atoms with E-state index in [1.54, 1.807) is 13.8 Å². The molecule has 110 valence electrons. The third-order valence-electron chi connectivity index (χ3n) is 3.12. The van der Waals surface area contributed by atoms with Crippen LogP contribution in [0, 0.1) is 6.92 Å². The number of carbonyl (C=O) groups excluding carboxylic acids is 1. The van der Waals surface area contributed by atoms with Crippen molar-refractivity contribution in [1.29, 1.82) is 0 Å². The van der Waals surface area contributed by atoms with Crippen molar-refractivity contribution in [3.05, 3.63) is 34.9 Å². The Morgan fingerprint density at radius 2 is 2.05 bits per heavy atom. The Hall–Kier alpha value is -1.77. The first-order valence-corrected chi connectivity index (χ1v) is 7.10. The van der Waals surface area contributed by atoms with Crippen molar-refractivity contribution in [2.45, 2.75) is 47.1 Å². The van der Waals surface area contributed by atoms with Crippen molar-refractivity contribution in [3.63, 3.8) is 0 Å². The summed E-state index contributed by atoms with van der Waals surface area (Å²) in [6, 6.07) is 5.90. The Labute approximate surface area is 121 Å². The molecule has 0 bridgehead atoms. The van der Waals surface area contributed by atoms with Crippen LogP contribution >= 0.6 is 0 Å². The van der Waals surface area contributed by atoms with Gasteiger partial charge in [0.25, 0.3) is 0 Å². The summed E-state index contributed by atoms with van der Waals surface area (Å²) in [6.07, 6.45) is 3.03. The zero-order chi connectivity index (χ0) is 15.1. The summed E-state index contributed by atoms with van der Waals surface area (Å²) in [5, 5.41) is 0. The summed E-state index contributed by atoms with van der Waals surface area (Å²) in [4.78, 5) is 11.6. The second-order valence-corrected chi connectivity index (χ2v) is 4.90. The number of hydrogen-bond acceptors (Lipinski definition) is 3. The monoisotopic (exact) mass is 276 g/mol. The molecule has 0 N–H and O–H groups in total. The molecule has 1 aromatic rings. The molecule has 0 spiro atoms. The molecule has 0 aliphatic heterocycles. The average molecular weight is 276 g/mol. The van der Waals surface area contributed by atoms with Crippen molar-refractivity contribution >= 4 is 12.0 Å². The van der Waals surface area contributed by atoms with Crippen molar-refractivity contribution in [3.8, 4) is 5.75 Å². The minimum Gasteiger partial charge on any atom is -0.491 e. The first kappa shape index (κ1) is 16.3.